The molecule has 7 heteroatoms. The van der Waals surface area contributed by atoms with Crippen molar-refractivity contribution in [3.05, 3.63) is 53.3 Å². The number of nitrogens with zero attached hydrogens (tertiary/aromatic N) is 2. The van der Waals surface area contributed by atoms with E-state index in [1.54, 1.807) is 7.11 Å². The molecule has 0 amide bonds. The zero-order chi connectivity index (χ0) is 20.2. The van der Waals surface area contributed by atoms with Crippen LogP contribution in [0.25, 0.3) is 0 Å². The Morgan fingerprint density at radius 3 is 2.69 bits per heavy atom. The van der Waals surface area contributed by atoms with Gasteiger partial charge in [0.1, 0.15) is 5.82 Å². The minimum Gasteiger partial charge on any atom is -0.493 e. The number of ether oxygens (including phenoxy) is 3. The Labute approximate surface area is 170 Å². The molecular formula is C22H27FN2O4. The van der Waals surface area contributed by atoms with Crippen LogP contribution in [0.2, 0.25) is 0 Å². The van der Waals surface area contributed by atoms with Crippen LogP contribution in [-0.2, 0) is 13.1 Å². The van der Waals surface area contributed by atoms with E-state index in [1.807, 2.05) is 24.3 Å². The lowest BCUT2D eigenvalue weighted by Gasteiger charge is -2.41. The van der Waals surface area contributed by atoms with Crippen LogP contribution >= 0.6 is 0 Å². The van der Waals surface area contributed by atoms with Gasteiger partial charge in [-0.1, -0.05) is 12.1 Å². The molecule has 1 unspecified atom stereocenters. The monoisotopic (exact) mass is 402 g/mol. The second kappa shape index (κ2) is 8.98. The number of benzene rings is 2. The third kappa shape index (κ3) is 4.63. The van der Waals surface area contributed by atoms with Crippen LogP contribution in [0.4, 0.5) is 4.39 Å². The summed E-state index contributed by atoms with van der Waals surface area (Å²) in [7, 11) is 1.63. The third-order valence-electron chi connectivity index (χ3n) is 5.57. The highest BCUT2D eigenvalue weighted by Gasteiger charge is 2.28. The van der Waals surface area contributed by atoms with Crippen molar-refractivity contribution >= 4 is 0 Å². The molecule has 1 atom stereocenters. The first-order valence-corrected chi connectivity index (χ1v) is 9.94. The van der Waals surface area contributed by atoms with Gasteiger partial charge in [0, 0.05) is 45.4 Å². The minimum atomic E-state index is -0.218. The largest absolute Gasteiger partial charge is 0.493 e. The van der Waals surface area contributed by atoms with E-state index < -0.39 is 0 Å². The number of hydrogen-bond donors (Lipinski definition) is 1. The number of methoxy groups -OCH3 is 1. The van der Waals surface area contributed by atoms with Gasteiger partial charge in [-0.15, -0.1) is 0 Å². The first-order chi connectivity index (χ1) is 14.2. The highest BCUT2D eigenvalue weighted by Crippen LogP contribution is 2.42. The van der Waals surface area contributed by atoms with Gasteiger partial charge >= 0.3 is 0 Å². The molecule has 2 aromatic rings. The van der Waals surface area contributed by atoms with Gasteiger partial charge in [0.15, 0.2) is 11.5 Å². The number of halogens is 1. The molecule has 0 bridgehead atoms. The van der Waals surface area contributed by atoms with Crippen molar-refractivity contribution in [2.45, 2.75) is 25.6 Å². The zero-order valence-electron chi connectivity index (χ0n) is 16.6. The van der Waals surface area contributed by atoms with Crippen molar-refractivity contribution in [2.75, 3.05) is 40.1 Å². The number of piperazine rings is 1. The maximum absolute atomic E-state index is 13.2. The Kier molecular flexibility index (Phi) is 6.18. The van der Waals surface area contributed by atoms with Crippen molar-refractivity contribution in [3.63, 3.8) is 0 Å². The highest BCUT2D eigenvalue weighted by molar-refractivity contribution is 5.55. The molecule has 2 aliphatic rings. The van der Waals surface area contributed by atoms with Crippen LogP contribution in [0, 0.1) is 5.82 Å². The molecule has 6 nitrogen and oxygen atoms in total. The lowest BCUT2D eigenvalue weighted by molar-refractivity contribution is 0.0499. The Morgan fingerprint density at radius 2 is 1.93 bits per heavy atom. The van der Waals surface area contributed by atoms with Crippen LogP contribution in [0.3, 0.4) is 0 Å². The summed E-state index contributed by atoms with van der Waals surface area (Å²) in [6.45, 7) is 4.57. The van der Waals surface area contributed by atoms with Gasteiger partial charge < -0.3 is 19.3 Å². The minimum absolute atomic E-state index is 0.149. The molecule has 156 valence electrons. The molecule has 29 heavy (non-hydrogen) atoms. The van der Waals surface area contributed by atoms with Gasteiger partial charge in [0.2, 0.25) is 12.5 Å². The summed E-state index contributed by atoms with van der Waals surface area (Å²) in [6, 6.07) is 10.9. The molecule has 2 heterocycles. The summed E-state index contributed by atoms with van der Waals surface area (Å²) < 4.78 is 29.6. The highest BCUT2D eigenvalue weighted by atomic mass is 19.1. The molecule has 2 aromatic carbocycles. The molecule has 1 fully saturated rings. The Balaban J connectivity index is 1.42. The van der Waals surface area contributed by atoms with Crippen LogP contribution in [0.15, 0.2) is 36.4 Å². The van der Waals surface area contributed by atoms with E-state index in [0.717, 1.165) is 49.6 Å². The molecule has 4 rings (SSSR count). The molecule has 0 spiro atoms. The predicted octanol–water partition coefficient (Wildman–Crippen LogP) is 2.63. The van der Waals surface area contributed by atoms with E-state index in [1.165, 1.54) is 12.1 Å². The summed E-state index contributed by atoms with van der Waals surface area (Å²) in [5.41, 5.74) is 2.20. The third-order valence-corrected chi connectivity index (χ3v) is 5.57. The number of aliphatic hydroxyl groups excluding tert-OH is 1. The van der Waals surface area contributed by atoms with Crippen molar-refractivity contribution < 1.29 is 23.7 Å². The van der Waals surface area contributed by atoms with Gasteiger partial charge in [0.25, 0.3) is 0 Å². The lowest BCUT2D eigenvalue weighted by atomic mass is 10.1. The van der Waals surface area contributed by atoms with Crippen LogP contribution in [0.5, 0.6) is 17.2 Å². The number of aliphatic hydroxyl groups is 1. The molecular weight excluding hydrogens is 375 g/mol. The van der Waals surface area contributed by atoms with Crippen LogP contribution in [0.1, 0.15) is 17.5 Å². The maximum atomic E-state index is 13.2. The number of rotatable bonds is 7. The predicted molar refractivity (Wildman–Crippen MR) is 107 cm³/mol. The standard InChI is InChI=1S/C22H27FN2O4/c1-27-20-10-17(11-21-22(20)29-15-28-21)12-24-7-8-25(19(14-24)6-9-26)13-16-2-4-18(23)5-3-16/h2-5,10-11,19,26H,6-9,12-15H2,1H3. The first-order valence-electron chi connectivity index (χ1n) is 9.94. The quantitative estimate of drug-likeness (QED) is 0.769. The van der Waals surface area contributed by atoms with Crippen molar-refractivity contribution in [3.8, 4) is 17.2 Å². The number of hydrogen-bond acceptors (Lipinski definition) is 6. The van der Waals surface area contributed by atoms with E-state index in [2.05, 4.69) is 9.80 Å². The summed E-state index contributed by atoms with van der Waals surface area (Å²) >= 11 is 0. The summed E-state index contributed by atoms with van der Waals surface area (Å²) in [6.07, 6.45) is 0.710. The average Bonchev–Trinajstić information content (AvgIpc) is 3.20. The Bertz CT molecular complexity index is 830. The Hall–Kier alpha value is -2.35. The molecule has 0 saturated carbocycles. The molecule has 0 aliphatic carbocycles. The van der Waals surface area contributed by atoms with Gasteiger partial charge in [-0.2, -0.15) is 0 Å². The fourth-order valence-corrected chi connectivity index (χ4v) is 4.09. The summed E-state index contributed by atoms with van der Waals surface area (Å²) in [5, 5.41) is 9.55. The summed E-state index contributed by atoms with van der Waals surface area (Å²) in [4.78, 5) is 4.76. The first kappa shape index (κ1) is 19.9. The van der Waals surface area contributed by atoms with E-state index in [0.29, 0.717) is 17.9 Å². The average molecular weight is 402 g/mol. The molecule has 2 aliphatic heterocycles. The zero-order valence-corrected chi connectivity index (χ0v) is 16.6. The van der Waals surface area contributed by atoms with Gasteiger partial charge in [-0.25, -0.2) is 4.39 Å². The smallest absolute Gasteiger partial charge is 0.231 e. The molecule has 1 saturated heterocycles. The van der Waals surface area contributed by atoms with E-state index in [4.69, 9.17) is 14.2 Å². The second-order valence-electron chi connectivity index (χ2n) is 7.53. The molecule has 0 radical (unpaired) electrons. The van der Waals surface area contributed by atoms with Gasteiger partial charge in [0.05, 0.1) is 7.11 Å². The van der Waals surface area contributed by atoms with Crippen molar-refractivity contribution in [1.82, 2.24) is 9.80 Å². The van der Waals surface area contributed by atoms with Crippen LogP contribution < -0.4 is 14.2 Å². The van der Waals surface area contributed by atoms with Gasteiger partial charge in [-0.05, 0) is 41.8 Å². The molecule has 1 N–H and O–H groups in total. The Morgan fingerprint density at radius 1 is 1.10 bits per heavy atom. The second-order valence-corrected chi connectivity index (χ2v) is 7.53. The van der Waals surface area contributed by atoms with Crippen molar-refractivity contribution in [1.29, 1.82) is 0 Å². The van der Waals surface area contributed by atoms with E-state index >= 15 is 0 Å². The van der Waals surface area contributed by atoms with Crippen LogP contribution in [-0.4, -0.2) is 61.1 Å². The van der Waals surface area contributed by atoms with E-state index in [-0.39, 0.29) is 25.3 Å². The maximum Gasteiger partial charge on any atom is 0.231 e. The normalized spacial score (nSPS) is 19.5. The number of fused-ring (bicyclic) bond motifs is 1. The fraction of sp³-hybridized carbons (Fsp3) is 0.455. The van der Waals surface area contributed by atoms with E-state index in [9.17, 15) is 9.50 Å². The van der Waals surface area contributed by atoms with Crippen molar-refractivity contribution in [2.24, 2.45) is 0 Å². The topological polar surface area (TPSA) is 54.4 Å². The fourth-order valence-electron chi connectivity index (χ4n) is 4.09. The molecule has 0 aromatic heterocycles. The van der Waals surface area contributed by atoms with Gasteiger partial charge in [-0.3, -0.25) is 9.80 Å². The lowest BCUT2D eigenvalue weighted by Crippen LogP contribution is -2.52. The summed E-state index contributed by atoms with van der Waals surface area (Å²) in [5.74, 6) is 1.86. The SMILES string of the molecule is COc1cc(CN2CCN(Cc3ccc(F)cc3)C(CCO)C2)cc2c1OCO2.